The van der Waals surface area contributed by atoms with Gasteiger partial charge in [-0.05, 0) is 0 Å². The standard InChI is InChI=1S/C19H16N4OS/c1-23-18(15-10-6-3-7-11-15)20-21-19(23)25-13-16-12-17(24-22-16)14-8-4-2-5-9-14/h2-12H,13H2,1H3. The lowest BCUT2D eigenvalue weighted by molar-refractivity contribution is 0.426. The maximum absolute atomic E-state index is 5.44. The van der Waals surface area contributed by atoms with Crippen molar-refractivity contribution in [3.63, 3.8) is 0 Å². The quantitative estimate of drug-likeness (QED) is 0.499. The van der Waals surface area contributed by atoms with Crippen LogP contribution in [0.25, 0.3) is 22.7 Å². The third-order valence-electron chi connectivity index (χ3n) is 3.83. The van der Waals surface area contributed by atoms with Crippen LogP contribution in [0.3, 0.4) is 0 Å². The highest BCUT2D eigenvalue weighted by Gasteiger charge is 2.13. The fraction of sp³-hybridized carbons (Fsp3) is 0.105. The average Bonchev–Trinajstić information content (AvgIpc) is 3.28. The fourth-order valence-corrected chi connectivity index (χ4v) is 3.33. The molecule has 124 valence electrons. The van der Waals surface area contributed by atoms with Gasteiger partial charge >= 0.3 is 0 Å². The minimum absolute atomic E-state index is 0.678. The van der Waals surface area contributed by atoms with Gasteiger partial charge in [-0.2, -0.15) is 0 Å². The Labute approximate surface area is 149 Å². The zero-order valence-electron chi connectivity index (χ0n) is 13.7. The molecule has 0 saturated heterocycles. The van der Waals surface area contributed by atoms with Crippen LogP contribution in [0, 0.1) is 0 Å². The first-order chi connectivity index (χ1) is 12.3. The Bertz CT molecular complexity index is 964. The summed E-state index contributed by atoms with van der Waals surface area (Å²) >= 11 is 1.59. The van der Waals surface area contributed by atoms with Crippen LogP contribution in [0.1, 0.15) is 5.69 Å². The van der Waals surface area contributed by atoms with Gasteiger partial charge in [0.25, 0.3) is 0 Å². The molecule has 5 nitrogen and oxygen atoms in total. The summed E-state index contributed by atoms with van der Waals surface area (Å²) in [6.07, 6.45) is 0. The molecule has 2 heterocycles. The Balaban J connectivity index is 1.48. The molecule has 0 amide bonds. The molecular weight excluding hydrogens is 332 g/mol. The Kier molecular flexibility index (Phi) is 4.35. The van der Waals surface area contributed by atoms with Crippen LogP contribution in [0.5, 0.6) is 0 Å². The average molecular weight is 348 g/mol. The van der Waals surface area contributed by atoms with Gasteiger partial charge in [0.05, 0.1) is 5.69 Å². The van der Waals surface area contributed by atoms with Gasteiger partial charge in [0.1, 0.15) is 0 Å². The highest BCUT2D eigenvalue weighted by molar-refractivity contribution is 7.98. The van der Waals surface area contributed by atoms with Gasteiger partial charge in [0.2, 0.25) is 0 Å². The highest BCUT2D eigenvalue weighted by atomic mass is 32.2. The molecule has 0 saturated carbocycles. The van der Waals surface area contributed by atoms with Crippen LogP contribution in [-0.2, 0) is 12.8 Å². The zero-order chi connectivity index (χ0) is 17.1. The molecule has 0 N–H and O–H groups in total. The Hall–Kier alpha value is -2.86. The van der Waals surface area contributed by atoms with Crippen LogP contribution in [0.2, 0.25) is 0 Å². The van der Waals surface area contributed by atoms with Crippen molar-refractivity contribution in [2.45, 2.75) is 10.9 Å². The molecule has 4 rings (SSSR count). The number of thioether (sulfide) groups is 1. The van der Waals surface area contributed by atoms with Gasteiger partial charge in [0.15, 0.2) is 16.7 Å². The van der Waals surface area contributed by atoms with Crippen LogP contribution in [-0.4, -0.2) is 19.9 Å². The molecule has 0 radical (unpaired) electrons. The van der Waals surface area contributed by atoms with Crippen molar-refractivity contribution in [3.05, 3.63) is 72.4 Å². The number of hydrogen-bond acceptors (Lipinski definition) is 5. The van der Waals surface area contributed by atoms with E-state index in [1.165, 1.54) is 0 Å². The Morgan fingerprint density at radius 1 is 0.920 bits per heavy atom. The second-order valence-electron chi connectivity index (χ2n) is 5.57. The minimum atomic E-state index is 0.678. The molecule has 2 aromatic carbocycles. The fourth-order valence-electron chi connectivity index (χ4n) is 2.54. The summed E-state index contributed by atoms with van der Waals surface area (Å²) in [4.78, 5) is 0. The summed E-state index contributed by atoms with van der Waals surface area (Å²) in [6.45, 7) is 0. The Morgan fingerprint density at radius 3 is 2.32 bits per heavy atom. The van der Waals surface area contributed by atoms with E-state index < -0.39 is 0 Å². The molecule has 0 unspecified atom stereocenters. The number of rotatable bonds is 5. The van der Waals surface area contributed by atoms with Gasteiger partial charge in [-0.15, -0.1) is 10.2 Å². The lowest BCUT2D eigenvalue weighted by Crippen LogP contribution is -1.94. The first-order valence-corrected chi connectivity index (χ1v) is 8.88. The van der Waals surface area contributed by atoms with E-state index in [0.29, 0.717) is 5.75 Å². The molecule has 4 aromatic rings. The van der Waals surface area contributed by atoms with Crippen molar-refractivity contribution < 1.29 is 4.52 Å². The molecule has 0 aliphatic rings. The Morgan fingerprint density at radius 2 is 1.60 bits per heavy atom. The number of benzene rings is 2. The van der Waals surface area contributed by atoms with E-state index in [-0.39, 0.29) is 0 Å². The molecule has 0 atom stereocenters. The van der Waals surface area contributed by atoms with E-state index in [9.17, 15) is 0 Å². The molecular formula is C19H16N4OS. The van der Waals surface area contributed by atoms with Gasteiger partial charge in [0, 0.05) is 30.0 Å². The van der Waals surface area contributed by atoms with Gasteiger partial charge in [-0.1, -0.05) is 77.6 Å². The summed E-state index contributed by atoms with van der Waals surface area (Å²) in [5, 5.41) is 13.6. The molecule has 0 bridgehead atoms. The van der Waals surface area contributed by atoms with Crippen LogP contribution in [0.15, 0.2) is 76.4 Å². The molecule has 0 spiro atoms. The van der Waals surface area contributed by atoms with Crippen molar-refractivity contribution in [1.29, 1.82) is 0 Å². The van der Waals surface area contributed by atoms with E-state index in [2.05, 4.69) is 15.4 Å². The van der Waals surface area contributed by atoms with E-state index >= 15 is 0 Å². The minimum Gasteiger partial charge on any atom is -0.356 e. The van der Waals surface area contributed by atoms with Crippen LogP contribution in [0.4, 0.5) is 0 Å². The lowest BCUT2D eigenvalue weighted by atomic mass is 10.2. The monoisotopic (exact) mass is 348 g/mol. The van der Waals surface area contributed by atoms with E-state index in [4.69, 9.17) is 4.52 Å². The van der Waals surface area contributed by atoms with Crippen molar-refractivity contribution in [1.82, 2.24) is 19.9 Å². The number of aromatic nitrogens is 4. The van der Waals surface area contributed by atoms with Gasteiger partial charge < -0.3 is 9.09 Å². The topological polar surface area (TPSA) is 56.7 Å². The summed E-state index contributed by atoms with van der Waals surface area (Å²) < 4.78 is 7.44. The molecule has 2 aromatic heterocycles. The molecule has 0 aliphatic heterocycles. The maximum atomic E-state index is 5.44. The zero-order valence-corrected chi connectivity index (χ0v) is 14.5. The SMILES string of the molecule is Cn1c(SCc2cc(-c3ccccc3)on2)nnc1-c1ccccc1. The molecule has 0 aliphatic carbocycles. The molecule has 25 heavy (non-hydrogen) atoms. The normalized spacial score (nSPS) is 10.9. The summed E-state index contributed by atoms with van der Waals surface area (Å²) in [5.41, 5.74) is 2.96. The van der Waals surface area contributed by atoms with Crippen molar-refractivity contribution in [2.24, 2.45) is 7.05 Å². The first-order valence-electron chi connectivity index (χ1n) is 7.90. The second kappa shape index (κ2) is 6.94. The third kappa shape index (κ3) is 3.34. The van der Waals surface area contributed by atoms with E-state index in [0.717, 1.165) is 33.6 Å². The van der Waals surface area contributed by atoms with Crippen molar-refractivity contribution in [3.8, 4) is 22.7 Å². The predicted octanol–water partition coefficient (Wildman–Crippen LogP) is 4.43. The lowest BCUT2D eigenvalue weighted by Gasteiger charge is -2.02. The second-order valence-corrected chi connectivity index (χ2v) is 6.51. The smallest absolute Gasteiger partial charge is 0.191 e. The van der Waals surface area contributed by atoms with Crippen molar-refractivity contribution >= 4 is 11.8 Å². The third-order valence-corrected chi connectivity index (χ3v) is 4.89. The first kappa shape index (κ1) is 15.7. The van der Waals surface area contributed by atoms with Crippen molar-refractivity contribution in [2.75, 3.05) is 0 Å². The molecule has 0 fully saturated rings. The van der Waals surface area contributed by atoms with E-state index in [1.807, 2.05) is 78.3 Å². The molecule has 6 heteroatoms. The van der Waals surface area contributed by atoms with Crippen LogP contribution < -0.4 is 0 Å². The summed E-state index contributed by atoms with van der Waals surface area (Å²) in [5.74, 6) is 2.31. The number of nitrogens with zero attached hydrogens (tertiary/aromatic N) is 4. The van der Waals surface area contributed by atoms with Gasteiger partial charge in [-0.25, -0.2) is 0 Å². The van der Waals surface area contributed by atoms with Crippen LogP contribution >= 0.6 is 11.8 Å². The maximum Gasteiger partial charge on any atom is 0.191 e. The van der Waals surface area contributed by atoms with E-state index in [1.54, 1.807) is 11.8 Å². The largest absolute Gasteiger partial charge is 0.356 e. The van der Waals surface area contributed by atoms with Gasteiger partial charge in [-0.3, -0.25) is 0 Å². The predicted molar refractivity (Wildman–Crippen MR) is 97.9 cm³/mol. The summed E-state index contributed by atoms with van der Waals surface area (Å²) in [7, 11) is 1.98. The highest BCUT2D eigenvalue weighted by Crippen LogP contribution is 2.27. The summed E-state index contributed by atoms with van der Waals surface area (Å²) in [6, 6.07) is 22.0. The number of hydrogen-bond donors (Lipinski definition) is 0.